The predicted octanol–water partition coefficient (Wildman–Crippen LogP) is 1.79. The molecule has 0 spiro atoms. The summed E-state index contributed by atoms with van der Waals surface area (Å²) in [4.78, 5) is 35.4. The van der Waals surface area contributed by atoms with E-state index in [2.05, 4.69) is 0 Å². The van der Waals surface area contributed by atoms with E-state index in [0.717, 1.165) is 0 Å². The Balaban J connectivity index is 2.62. The van der Waals surface area contributed by atoms with Gasteiger partial charge in [-0.25, -0.2) is 4.89 Å². The fourth-order valence-corrected chi connectivity index (χ4v) is 2.82. The van der Waals surface area contributed by atoms with Gasteiger partial charge in [0, 0.05) is 0 Å². The number of Topliss-reactive ketones (excluding diaryl/α,β-unsaturated/α-hetero) is 2. The van der Waals surface area contributed by atoms with Gasteiger partial charge in [0.1, 0.15) is 6.10 Å². The number of hydrogen-bond acceptors (Lipinski definition) is 5. The number of hydrogen-bond donors (Lipinski definition) is 1. The van der Waals surface area contributed by atoms with Crippen LogP contribution in [0.1, 0.15) is 41.5 Å². The van der Waals surface area contributed by atoms with E-state index >= 15 is 0 Å². The topological polar surface area (TPSA) is 72.8 Å². The van der Waals surface area contributed by atoms with E-state index in [1.807, 2.05) is 13.8 Å². The molecule has 2 aliphatic rings. The predicted molar refractivity (Wildman–Crippen MR) is 71.4 cm³/mol. The molecule has 1 fully saturated rings. The molecule has 20 heavy (non-hydrogen) atoms. The Morgan fingerprint density at radius 2 is 1.75 bits per heavy atom. The van der Waals surface area contributed by atoms with E-state index in [1.165, 1.54) is 0 Å². The van der Waals surface area contributed by atoms with Crippen molar-refractivity contribution in [2.75, 3.05) is 0 Å². The number of rotatable bonds is 1. The standard InChI is InChI=1S/C15H22O5/c1-8(2)10-7-9-11(16)13(3,4)12(17)14(5,6)15(9,18)20-19-10/h7-8,10,18H,1-6H3. The van der Waals surface area contributed by atoms with Crippen molar-refractivity contribution in [2.45, 2.75) is 53.4 Å². The Morgan fingerprint density at radius 1 is 1.20 bits per heavy atom. The molecule has 1 N–H and O–H groups in total. The zero-order valence-corrected chi connectivity index (χ0v) is 12.8. The summed E-state index contributed by atoms with van der Waals surface area (Å²) in [6.07, 6.45) is 1.17. The molecule has 1 aliphatic carbocycles. The molecule has 1 saturated carbocycles. The van der Waals surface area contributed by atoms with Crippen molar-refractivity contribution in [1.29, 1.82) is 0 Å². The van der Waals surface area contributed by atoms with Crippen molar-refractivity contribution >= 4 is 11.6 Å². The normalized spacial score (nSPS) is 35.8. The maximum absolute atomic E-state index is 12.6. The van der Waals surface area contributed by atoms with Gasteiger partial charge in [0.25, 0.3) is 0 Å². The number of ketones is 2. The highest BCUT2D eigenvalue weighted by Gasteiger charge is 2.66. The SMILES string of the molecule is CC(C)C1C=C2C(=O)C(C)(C)C(=O)C(C)(C)C2(O)OO1. The van der Waals surface area contributed by atoms with E-state index in [0.29, 0.717) is 0 Å². The number of carbonyl (C=O) groups excluding carboxylic acids is 2. The summed E-state index contributed by atoms with van der Waals surface area (Å²) in [6, 6.07) is 0. The number of aliphatic hydroxyl groups is 1. The third-order valence-electron chi connectivity index (χ3n) is 4.43. The largest absolute Gasteiger partial charge is 0.359 e. The molecule has 0 bridgehead atoms. The molecule has 5 heteroatoms. The summed E-state index contributed by atoms with van der Waals surface area (Å²) < 4.78 is 0. The van der Waals surface area contributed by atoms with Gasteiger partial charge in [0.15, 0.2) is 11.6 Å². The van der Waals surface area contributed by atoms with Gasteiger partial charge in [-0.15, -0.1) is 0 Å². The van der Waals surface area contributed by atoms with Crippen LogP contribution in [0.5, 0.6) is 0 Å². The highest BCUT2D eigenvalue weighted by molar-refractivity contribution is 6.19. The van der Waals surface area contributed by atoms with Crippen LogP contribution in [-0.4, -0.2) is 28.6 Å². The lowest BCUT2D eigenvalue weighted by atomic mass is 9.58. The summed E-state index contributed by atoms with van der Waals surface area (Å²) in [5.74, 6) is -2.70. The van der Waals surface area contributed by atoms with Crippen molar-refractivity contribution in [1.82, 2.24) is 0 Å². The highest BCUT2D eigenvalue weighted by Crippen LogP contribution is 2.52. The third kappa shape index (κ3) is 1.73. The van der Waals surface area contributed by atoms with Crippen LogP contribution in [0.2, 0.25) is 0 Å². The van der Waals surface area contributed by atoms with Gasteiger partial charge in [0.05, 0.1) is 16.4 Å². The van der Waals surface area contributed by atoms with Crippen molar-refractivity contribution in [3.63, 3.8) is 0 Å². The van der Waals surface area contributed by atoms with Crippen molar-refractivity contribution in [2.24, 2.45) is 16.7 Å². The van der Waals surface area contributed by atoms with E-state index in [1.54, 1.807) is 33.8 Å². The lowest BCUT2D eigenvalue weighted by Crippen LogP contribution is -2.66. The van der Waals surface area contributed by atoms with E-state index in [4.69, 9.17) is 9.78 Å². The fraction of sp³-hybridized carbons (Fsp3) is 0.733. The maximum atomic E-state index is 12.6. The zero-order valence-electron chi connectivity index (χ0n) is 12.8. The third-order valence-corrected chi connectivity index (χ3v) is 4.43. The average Bonchev–Trinajstić information content (AvgIpc) is 2.35. The van der Waals surface area contributed by atoms with Gasteiger partial charge >= 0.3 is 0 Å². The fourth-order valence-electron chi connectivity index (χ4n) is 2.82. The Bertz CT molecular complexity index is 500. The van der Waals surface area contributed by atoms with Crippen molar-refractivity contribution in [3.05, 3.63) is 11.6 Å². The lowest BCUT2D eigenvalue weighted by molar-refractivity contribution is -0.449. The minimum absolute atomic E-state index is 0.0868. The van der Waals surface area contributed by atoms with Crippen LogP contribution in [0.25, 0.3) is 0 Å². The van der Waals surface area contributed by atoms with Crippen molar-refractivity contribution < 1.29 is 24.5 Å². The van der Waals surface area contributed by atoms with Gasteiger partial charge in [-0.3, -0.25) is 9.59 Å². The minimum Gasteiger partial charge on any atom is -0.359 e. The van der Waals surface area contributed by atoms with E-state index in [-0.39, 0.29) is 17.3 Å². The van der Waals surface area contributed by atoms with Crippen LogP contribution in [0.3, 0.4) is 0 Å². The number of carbonyl (C=O) groups is 2. The second-order valence-electron chi connectivity index (χ2n) is 7.02. The first-order valence-electron chi connectivity index (χ1n) is 6.85. The van der Waals surface area contributed by atoms with E-state index < -0.39 is 28.5 Å². The first kappa shape index (κ1) is 15.4. The van der Waals surface area contributed by atoms with Gasteiger partial charge in [-0.2, -0.15) is 4.89 Å². The Morgan fingerprint density at radius 3 is 2.25 bits per heavy atom. The maximum Gasteiger partial charge on any atom is 0.240 e. The second kappa shape index (κ2) is 4.23. The molecule has 2 rings (SSSR count). The average molecular weight is 282 g/mol. The summed E-state index contributed by atoms with van der Waals surface area (Å²) in [5.41, 5.74) is -2.32. The molecule has 2 atom stereocenters. The summed E-state index contributed by atoms with van der Waals surface area (Å²) in [7, 11) is 0. The molecule has 112 valence electrons. The molecule has 0 aromatic carbocycles. The summed E-state index contributed by atoms with van der Waals surface area (Å²) >= 11 is 0. The molecular weight excluding hydrogens is 260 g/mol. The molecule has 0 saturated heterocycles. The van der Waals surface area contributed by atoms with Crippen LogP contribution in [0.15, 0.2) is 11.6 Å². The zero-order chi connectivity index (χ0) is 15.5. The molecule has 0 aromatic rings. The Kier molecular flexibility index (Phi) is 3.24. The van der Waals surface area contributed by atoms with Crippen molar-refractivity contribution in [3.8, 4) is 0 Å². The highest BCUT2D eigenvalue weighted by atomic mass is 17.2. The van der Waals surface area contributed by atoms with Gasteiger partial charge in [-0.1, -0.05) is 13.8 Å². The molecule has 5 nitrogen and oxygen atoms in total. The van der Waals surface area contributed by atoms with Crippen LogP contribution in [0.4, 0.5) is 0 Å². The van der Waals surface area contributed by atoms with Crippen LogP contribution in [0, 0.1) is 16.7 Å². The van der Waals surface area contributed by atoms with Gasteiger partial charge in [-0.05, 0) is 39.7 Å². The molecule has 2 unspecified atom stereocenters. The Labute approximate surface area is 118 Å². The molecular formula is C15H22O5. The summed E-state index contributed by atoms with van der Waals surface area (Å²) in [6.45, 7) is 10.1. The van der Waals surface area contributed by atoms with Gasteiger partial charge in [0.2, 0.25) is 5.79 Å². The summed E-state index contributed by atoms with van der Waals surface area (Å²) in [5, 5.41) is 10.7. The molecule has 0 aromatic heterocycles. The molecule has 0 amide bonds. The lowest BCUT2D eigenvalue weighted by Gasteiger charge is -2.51. The van der Waals surface area contributed by atoms with Crippen LogP contribution in [-0.2, 0) is 19.4 Å². The van der Waals surface area contributed by atoms with Crippen LogP contribution >= 0.6 is 0 Å². The molecule has 0 radical (unpaired) electrons. The minimum atomic E-state index is -2.03. The Hall–Kier alpha value is -1.04. The first-order chi connectivity index (χ1) is 8.96. The quantitative estimate of drug-likeness (QED) is 0.586. The smallest absolute Gasteiger partial charge is 0.240 e. The number of fused-ring (bicyclic) bond motifs is 1. The van der Waals surface area contributed by atoms with E-state index in [9.17, 15) is 14.7 Å². The second-order valence-corrected chi connectivity index (χ2v) is 7.02. The first-order valence-corrected chi connectivity index (χ1v) is 6.85. The van der Waals surface area contributed by atoms with Crippen LogP contribution < -0.4 is 0 Å². The van der Waals surface area contributed by atoms with Gasteiger partial charge < -0.3 is 5.11 Å². The molecule has 1 aliphatic heterocycles. The monoisotopic (exact) mass is 282 g/mol. The molecule has 1 heterocycles.